The first-order chi connectivity index (χ1) is 26.4. The number of aromatic hydroxyl groups is 1. The lowest BCUT2D eigenvalue weighted by Gasteiger charge is -2.39. The Kier molecular flexibility index (Phi) is 9.28. The first-order valence-corrected chi connectivity index (χ1v) is 20.0. The third-order valence-corrected chi connectivity index (χ3v) is 12.0. The van der Waals surface area contributed by atoms with E-state index in [0.29, 0.717) is 0 Å². The van der Waals surface area contributed by atoms with Gasteiger partial charge >= 0.3 is 0 Å². The molecule has 0 bridgehead atoms. The van der Waals surface area contributed by atoms with Gasteiger partial charge in [-0.1, -0.05) is 175 Å². The van der Waals surface area contributed by atoms with Gasteiger partial charge in [0.05, 0.1) is 16.8 Å². The fourth-order valence-electron chi connectivity index (χ4n) is 9.30. The van der Waals surface area contributed by atoms with Crippen LogP contribution in [0.15, 0.2) is 168 Å². The number of allylic oxidation sites excluding steroid dienone is 10. The summed E-state index contributed by atoms with van der Waals surface area (Å²) in [6.45, 7) is 16.3. The van der Waals surface area contributed by atoms with Crippen molar-refractivity contribution in [3.05, 3.63) is 191 Å². The minimum absolute atomic E-state index is 0.00225. The normalized spacial score (nSPS) is 21.2. The Balaban J connectivity index is 1.37. The van der Waals surface area contributed by atoms with E-state index in [0.717, 1.165) is 35.4 Å². The van der Waals surface area contributed by atoms with E-state index in [1.807, 2.05) is 18.2 Å². The van der Waals surface area contributed by atoms with Gasteiger partial charge in [0, 0.05) is 17.0 Å². The number of phenols is 1. The maximum Gasteiger partial charge on any atom is 0.124 e. The summed E-state index contributed by atoms with van der Waals surface area (Å²) in [7, 11) is 0. The van der Waals surface area contributed by atoms with Crippen molar-refractivity contribution >= 4 is 0 Å². The Morgan fingerprint density at radius 2 is 1.33 bits per heavy atom. The molecule has 1 heterocycles. The smallest absolute Gasteiger partial charge is 0.124 e. The predicted octanol–water partition coefficient (Wildman–Crippen LogP) is 13.9. The van der Waals surface area contributed by atoms with E-state index >= 15 is 0 Å². The summed E-state index contributed by atoms with van der Waals surface area (Å²) >= 11 is 0. The second-order valence-electron chi connectivity index (χ2n) is 17.7. The summed E-state index contributed by atoms with van der Waals surface area (Å²) in [5.41, 5.74) is 14.7. The second kappa shape index (κ2) is 14.0. The number of phenolic OH excluding ortho intramolecular Hbond substituents is 1. The number of nitrogens with zero attached hydrogens (tertiary/aromatic N) is 1. The van der Waals surface area contributed by atoms with Gasteiger partial charge in [0.25, 0.3) is 0 Å². The molecule has 0 saturated heterocycles. The van der Waals surface area contributed by atoms with Crippen LogP contribution in [0.5, 0.6) is 5.75 Å². The molecule has 4 aromatic carbocycles. The second-order valence-corrected chi connectivity index (χ2v) is 17.7. The summed E-state index contributed by atoms with van der Waals surface area (Å²) in [4.78, 5) is 5.38. The minimum Gasteiger partial charge on any atom is -0.507 e. The van der Waals surface area contributed by atoms with Crippen molar-refractivity contribution in [3.63, 3.8) is 0 Å². The van der Waals surface area contributed by atoms with Crippen LogP contribution < -0.4 is 0 Å². The van der Waals surface area contributed by atoms with Crippen LogP contribution in [-0.4, -0.2) is 10.1 Å². The van der Waals surface area contributed by atoms with Crippen molar-refractivity contribution in [2.45, 2.75) is 72.6 Å². The average molecular weight is 720 g/mol. The highest BCUT2D eigenvalue weighted by atomic mass is 16.3. The maximum absolute atomic E-state index is 11.2. The molecule has 8 rings (SSSR count). The van der Waals surface area contributed by atoms with E-state index in [2.05, 4.69) is 176 Å². The molecular formula is C53H53NO. The fourth-order valence-corrected chi connectivity index (χ4v) is 9.30. The number of hydrogen-bond acceptors (Lipinski definition) is 2. The molecule has 0 spiro atoms. The third kappa shape index (κ3) is 6.46. The SMILES string of the molecule is CC1C(C(C)(C)C)=CC(C(C)(C)C)=CC1c1cc(-c2cccc(C3(C4=C/CC/C=C/C=C\4)c4ccccc4-c4ccccc43)c2)nc(-c2ccccc2O)c1. The molecule has 0 aliphatic heterocycles. The number of hydrogen-bond donors (Lipinski definition) is 1. The largest absolute Gasteiger partial charge is 0.507 e. The van der Waals surface area contributed by atoms with E-state index < -0.39 is 5.41 Å². The molecule has 3 aliphatic rings. The molecular weight excluding hydrogens is 667 g/mol. The minimum atomic E-state index is -0.502. The fraction of sp³-hybridized carbons (Fsp3) is 0.264. The van der Waals surface area contributed by atoms with E-state index in [4.69, 9.17) is 4.98 Å². The average Bonchev–Trinajstić information content (AvgIpc) is 3.45. The molecule has 0 amide bonds. The molecule has 0 saturated carbocycles. The lowest BCUT2D eigenvalue weighted by Crippen LogP contribution is -2.29. The predicted molar refractivity (Wildman–Crippen MR) is 231 cm³/mol. The Hall–Kier alpha value is -5.47. The Morgan fingerprint density at radius 3 is 2.00 bits per heavy atom. The monoisotopic (exact) mass is 719 g/mol. The van der Waals surface area contributed by atoms with Crippen LogP contribution in [-0.2, 0) is 5.41 Å². The van der Waals surface area contributed by atoms with Crippen LogP contribution in [0.4, 0.5) is 0 Å². The van der Waals surface area contributed by atoms with Gasteiger partial charge in [0.1, 0.15) is 5.75 Å². The summed E-state index contributed by atoms with van der Waals surface area (Å²) in [5, 5.41) is 11.2. The molecule has 2 heteroatoms. The molecule has 1 N–H and O–H groups in total. The van der Waals surface area contributed by atoms with Crippen molar-refractivity contribution in [1.29, 1.82) is 0 Å². The molecule has 2 nitrogen and oxygen atoms in total. The van der Waals surface area contributed by atoms with E-state index in [9.17, 15) is 5.11 Å². The maximum atomic E-state index is 11.2. The molecule has 1 aromatic heterocycles. The van der Waals surface area contributed by atoms with Gasteiger partial charge in [-0.15, -0.1) is 0 Å². The van der Waals surface area contributed by atoms with Crippen molar-refractivity contribution in [2.24, 2.45) is 16.7 Å². The zero-order valence-corrected chi connectivity index (χ0v) is 33.4. The van der Waals surface area contributed by atoms with Gasteiger partial charge in [0.15, 0.2) is 0 Å². The molecule has 276 valence electrons. The van der Waals surface area contributed by atoms with Crippen LogP contribution in [0.1, 0.15) is 89.5 Å². The summed E-state index contributed by atoms with van der Waals surface area (Å²) < 4.78 is 0. The van der Waals surface area contributed by atoms with Gasteiger partial charge < -0.3 is 5.11 Å². The highest BCUT2D eigenvalue weighted by Crippen LogP contribution is 2.57. The summed E-state index contributed by atoms with van der Waals surface area (Å²) in [5.74, 6) is 0.660. The van der Waals surface area contributed by atoms with Gasteiger partial charge in [-0.05, 0) is 104 Å². The molecule has 55 heavy (non-hydrogen) atoms. The number of pyridine rings is 1. The van der Waals surface area contributed by atoms with Crippen molar-refractivity contribution in [3.8, 4) is 39.4 Å². The standard InChI is InChI=1S/C53H53NO/c1-35-44(33-40(51(2,3)4)34-47(35)52(5,6)7)37-31-48(54-49(32-37)43-26-15-18-29-50(43)55)36-20-19-23-39(30-36)53(38-21-11-9-8-10-12-22-38)45-27-16-13-24-41(45)42-25-14-17-28-46(42)53/h8-9,11,13-35,44,55H,10,12H2,1-7H3/b9-8+,21-11-,38-22+. The van der Waals surface area contributed by atoms with Gasteiger partial charge in [-0.25, -0.2) is 4.98 Å². The number of benzene rings is 4. The summed E-state index contributed by atoms with van der Waals surface area (Å²) in [6, 6.07) is 39.1. The van der Waals surface area contributed by atoms with Crippen molar-refractivity contribution < 1.29 is 5.11 Å². The van der Waals surface area contributed by atoms with Crippen molar-refractivity contribution in [2.75, 3.05) is 0 Å². The van der Waals surface area contributed by atoms with E-state index in [1.165, 1.54) is 50.1 Å². The van der Waals surface area contributed by atoms with Gasteiger partial charge in [0.2, 0.25) is 0 Å². The lowest BCUT2D eigenvalue weighted by molar-refractivity contribution is 0.401. The third-order valence-electron chi connectivity index (χ3n) is 12.0. The molecule has 5 aromatic rings. The Bertz CT molecular complexity index is 2390. The number of rotatable bonds is 5. The van der Waals surface area contributed by atoms with Crippen LogP contribution in [0.25, 0.3) is 33.6 Å². The van der Waals surface area contributed by atoms with Gasteiger partial charge in [-0.2, -0.15) is 0 Å². The number of fused-ring (bicyclic) bond motifs is 3. The van der Waals surface area contributed by atoms with Crippen molar-refractivity contribution in [1.82, 2.24) is 4.98 Å². The summed E-state index contributed by atoms with van der Waals surface area (Å²) in [6.07, 6.45) is 18.3. The molecule has 0 radical (unpaired) electrons. The molecule has 2 atom stereocenters. The molecule has 2 unspecified atom stereocenters. The first kappa shape index (κ1) is 36.5. The topological polar surface area (TPSA) is 33.1 Å². The Labute approximate surface area is 328 Å². The molecule has 3 aliphatic carbocycles. The molecule has 0 fully saturated rings. The van der Waals surface area contributed by atoms with E-state index in [1.54, 1.807) is 6.07 Å². The zero-order valence-electron chi connectivity index (χ0n) is 33.4. The quantitative estimate of drug-likeness (QED) is 0.196. The Morgan fingerprint density at radius 1 is 0.673 bits per heavy atom. The first-order valence-electron chi connectivity index (χ1n) is 20.0. The van der Waals surface area contributed by atoms with Crippen LogP contribution in [0.3, 0.4) is 0 Å². The highest BCUT2D eigenvalue weighted by Gasteiger charge is 2.46. The number of para-hydroxylation sites is 1. The van der Waals surface area contributed by atoms with Gasteiger partial charge in [-0.3, -0.25) is 0 Å². The highest BCUT2D eigenvalue weighted by molar-refractivity contribution is 5.87. The van der Waals surface area contributed by atoms with Crippen LogP contribution in [0, 0.1) is 16.7 Å². The van der Waals surface area contributed by atoms with E-state index in [-0.39, 0.29) is 28.4 Å². The van der Waals surface area contributed by atoms with Crippen LogP contribution in [0.2, 0.25) is 0 Å². The van der Waals surface area contributed by atoms with Crippen LogP contribution >= 0.6 is 0 Å². The zero-order chi connectivity index (χ0) is 38.5. The lowest BCUT2D eigenvalue weighted by atomic mass is 9.66. The number of aromatic nitrogens is 1.